The number of fused-ring (bicyclic) bond motifs is 8. The molecule has 0 N–H and O–H groups in total. The molecule has 0 aliphatic rings. The summed E-state index contributed by atoms with van der Waals surface area (Å²) in [5.74, 6) is -0.731. The highest BCUT2D eigenvalue weighted by atomic mass is 16.3. The van der Waals surface area contributed by atoms with E-state index in [1.807, 2.05) is 0 Å². The van der Waals surface area contributed by atoms with Gasteiger partial charge in [0.25, 0.3) is 0 Å². The third-order valence-electron chi connectivity index (χ3n) is 7.39. The van der Waals surface area contributed by atoms with Gasteiger partial charge in [-0.15, -0.1) is 0 Å². The third kappa shape index (κ3) is 4.57. The van der Waals surface area contributed by atoms with E-state index in [4.69, 9.17) is 33.5 Å². The van der Waals surface area contributed by atoms with E-state index < -0.39 is 263 Å². The van der Waals surface area contributed by atoms with Gasteiger partial charge in [0, 0.05) is 38.8 Å². The standard InChI is InChI=1S/C45H28N2O2/c1-3-9-29(10-4-1)30-17-21-34(22-18-30)47(36-24-26-42-39(28-36)37-13-7-8-14-41(37)48-42)35-23-19-31-15-16-32-20-25-40-44(43(32)38(31)27-35)49-45(46-40)33-11-5-2-6-12-33/h1-28H/i1D,2D,3D,4D,5D,6D,7D,8D,9D,10D,11D,12D,13D,14D,15D,16D,17D,18D,19D,20D,21D,22D,23D,24D,25D,26D,27D,28D. The molecule has 4 nitrogen and oxygen atoms in total. The van der Waals surface area contributed by atoms with Crippen LogP contribution >= 0.6 is 0 Å². The van der Waals surface area contributed by atoms with Crippen molar-refractivity contribution in [1.82, 2.24) is 4.98 Å². The van der Waals surface area contributed by atoms with Crippen LogP contribution in [-0.2, 0) is 0 Å². The fraction of sp³-hybridized carbons (Fsp3) is 0. The number of rotatable bonds is 5. The summed E-state index contributed by atoms with van der Waals surface area (Å²) in [7, 11) is 0. The Bertz CT molecular complexity index is 4370. The minimum atomic E-state index is -1.22. The SMILES string of the molecule is [2H]c1c([2H])c([2H])c(-c2nc3c([2H])c([2H])c4c([2H])c([2H])c5c([2H])c([2H])c(N(c6c([2H])c([2H])c(-c7c([2H])c([2H])c([2H])c([2H])c7[2H])c([2H])c6[2H])c6c([2H])c([2H])c7oc8c([2H])c([2H])c([2H])c([2H])c8c7c6[2H])c([2H])c5c4c3o2)c([2H])c1[2H]. The lowest BCUT2D eigenvalue weighted by atomic mass is 9.99. The van der Waals surface area contributed by atoms with Crippen LogP contribution in [-0.4, -0.2) is 4.98 Å². The molecule has 230 valence electrons. The molecule has 0 aliphatic carbocycles. The third-order valence-corrected chi connectivity index (χ3v) is 7.39. The Morgan fingerprint density at radius 1 is 0.449 bits per heavy atom. The molecule has 4 heteroatoms. The largest absolute Gasteiger partial charge is 0.456 e. The Balaban J connectivity index is 1.44. The van der Waals surface area contributed by atoms with E-state index >= 15 is 0 Å². The molecule has 0 amide bonds. The van der Waals surface area contributed by atoms with Crippen molar-refractivity contribution in [2.45, 2.75) is 0 Å². The lowest BCUT2D eigenvalue weighted by molar-refractivity contribution is 0.623. The number of nitrogens with zero attached hydrogens (tertiary/aromatic N) is 2. The molecule has 10 rings (SSSR count). The van der Waals surface area contributed by atoms with Gasteiger partial charge in [-0.1, -0.05) is 103 Å². The Kier molecular flexibility index (Phi) is 2.57. The quantitative estimate of drug-likeness (QED) is 0.173. The number of furan rings is 1. The summed E-state index contributed by atoms with van der Waals surface area (Å²) in [6, 6.07) is -26.5. The van der Waals surface area contributed by atoms with E-state index in [0.717, 1.165) is 0 Å². The number of hydrogen-bond acceptors (Lipinski definition) is 4. The summed E-state index contributed by atoms with van der Waals surface area (Å²) in [5, 5.41) is -3.75. The maximum atomic E-state index is 10.1. The van der Waals surface area contributed by atoms with E-state index in [0.29, 0.717) is 4.90 Å². The number of para-hydroxylation sites is 1. The molecule has 0 spiro atoms. The lowest BCUT2D eigenvalue weighted by Gasteiger charge is -2.26. The van der Waals surface area contributed by atoms with Crippen LogP contribution in [0.1, 0.15) is 38.4 Å². The maximum absolute atomic E-state index is 10.1. The van der Waals surface area contributed by atoms with Crippen LogP contribution in [0.5, 0.6) is 0 Å². The van der Waals surface area contributed by atoms with Crippen molar-refractivity contribution in [2.75, 3.05) is 4.90 Å². The number of benzene rings is 8. The molecular formula is C45H28N2O2. The first-order valence-electron chi connectivity index (χ1n) is 28.2. The van der Waals surface area contributed by atoms with Gasteiger partial charge < -0.3 is 13.7 Å². The van der Waals surface area contributed by atoms with E-state index in [1.165, 1.54) is 0 Å². The molecule has 2 aromatic heterocycles. The molecule has 0 saturated heterocycles. The fourth-order valence-corrected chi connectivity index (χ4v) is 5.24. The van der Waals surface area contributed by atoms with Gasteiger partial charge in [0.15, 0.2) is 5.58 Å². The molecule has 0 fully saturated rings. The van der Waals surface area contributed by atoms with Crippen molar-refractivity contribution >= 4 is 71.6 Å². The van der Waals surface area contributed by atoms with Crippen LogP contribution in [0.4, 0.5) is 17.1 Å². The average molecular weight is 657 g/mol. The molecule has 49 heavy (non-hydrogen) atoms. The molecule has 0 atom stereocenters. The Labute approximate surface area is 321 Å². The monoisotopic (exact) mass is 656 g/mol. The van der Waals surface area contributed by atoms with Crippen molar-refractivity contribution in [1.29, 1.82) is 0 Å². The first-order chi connectivity index (χ1) is 35.9. The Morgan fingerprint density at radius 3 is 1.86 bits per heavy atom. The van der Waals surface area contributed by atoms with Crippen LogP contribution < -0.4 is 4.90 Å². The highest BCUT2D eigenvalue weighted by Crippen LogP contribution is 2.42. The van der Waals surface area contributed by atoms with Crippen molar-refractivity contribution in [3.05, 3.63) is 169 Å². The molecule has 0 saturated carbocycles. The number of hydrogen-bond donors (Lipinski definition) is 0. The summed E-state index contributed by atoms with van der Waals surface area (Å²) >= 11 is 0. The fourth-order valence-electron chi connectivity index (χ4n) is 5.24. The van der Waals surface area contributed by atoms with Crippen LogP contribution in [0, 0.1) is 0 Å². The molecule has 0 unspecified atom stereocenters. The second-order valence-electron chi connectivity index (χ2n) is 10.2. The van der Waals surface area contributed by atoms with Crippen molar-refractivity contribution in [3.8, 4) is 22.6 Å². The highest BCUT2D eigenvalue weighted by molar-refractivity contribution is 6.19. The second-order valence-corrected chi connectivity index (χ2v) is 10.2. The van der Waals surface area contributed by atoms with E-state index in [1.54, 1.807) is 0 Å². The van der Waals surface area contributed by atoms with E-state index in [2.05, 4.69) is 4.98 Å². The van der Waals surface area contributed by atoms with Crippen LogP contribution in [0.25, 0.3) is 77.2 Å². The van der Waals surface area contributed by atoms with Crippen LogP contribution in [0.3, 0.4) is 0 Å². The summed E-state index contributed by atoms with van der Waals surface area (Å²) in [6.07, 6.45) is 0. The summed E-state index contributed by atoms with van der Waals surface area (Å²) < 4.78 is 261. The van der Waals surface area contributed by atoms with Crippen molar-refractivity contribution in [2.24, 2.45) is 0 Å². The average Bonchev–Trinajstić information content (AvgIpc) is 4.16. The first kappa shape index (κ1) is 11.5. The normalized spacial score (nSPS) is 19.7. The van der Waals surface area contributed by atoms with E-state index in [9.17, 15) is 13.7 Å². The van der Waals surface area contributed by atoms with Crippen LogP contribution in [0.2, 0.25) is 0 Å². The van der Waals surface area contributed by atoms with Gasteiger partial charge in [0.2, 0.25) is 5.89 Å². The minimum absolute atomic E-state index is 0.432. The molecule has 0 aliphatic heterocycles. The van der Waals surface area contributed by atoms with Gasteiger partial charge >= 0.3 is 0 Å². The number of aromatic nitrogens is 1. The second kappa shape index (κ2) is 11.0. The minimum Gasteiger partial charge on any atom is -0.456 e. The highest BCUT2D eigenvalue weighted by Gasteiger charge is 2.18. The summed E-state index contributed by atoms with van der Waals surface area (Å²) in [4.78, 5) is 4.66. The summed E-state index contributed by atoms with van der Waals surface area (Å²) in [5.41, 5.74) is -7.95. The zero-order chi connectivity index (χ0) is 56.7. The summed E-state index contributed by atoms with van der Waals surface area (Å²) in [6.45, 7) is 0. The predicted octanol–water partition coefficient (Wildman–Crippen LogP) is 12.8. The lowest BCUT2D eigenvalue weighted by Crippen LogP contribution is -2.09. The molecule has 2 heterocycles. The molecule has 0 bridgehead atoms. The van der Waals surface area contributed by atoms with E-state index in [-0.39, 0.29) is 0 Å². The van der Waals surface area contributed by atoms with Crippen molar-refractivity contribution < 1.29 is 47.2 Å². The van der Waals surface area contributed by atoms with Gasteiger partial charge in [0.1, 0.15) is 16.7 Å². The molecular weight excluding hydrogens is 601 g/mol. The van der Waals surface area contributed by atoms with Crippen LogP contribution in [0.15, 0.2) is 178 Å². The zero-order valence-electron chi connectivity index (χ0n) is 52.2. The van der Waals surface area contributed by atoms with Crippen molar-refractivity contribution in [3.63, 3.8) is 0 Å². The van der Waals surface area contributed by atoms with Gasteiger partial charge in [-0.25, -0.2) is 4.98 Å². The zero-order valence-corrected chi connectivity index (χ0v) is 24.2. The topological polar surface area (TPSA) is 42.4 Å². The Hall–Kier alpha value is -6.65. The predicted molar refractivity (Wildman–Crippen MR) is 202 cm³/mol. The van der Waals surface area contributed by atoms with Gasteiger partial charge in [-0.05, 0) is 93.8 Å². The molecule has 8 aromatic carbocycles. The Morgan fingerprint density at radius 2 is 1.04 bits per heavy atom. The molecule has 10 aromatic rings. The maximum Gasteiger partial charge on any atom is 0.227 e. The number of oxazole rings is 1. The molecule has 0 radical (unpaired) electrons. The van der Waals surface area contributed by atoms with Gasteiger partial charge in [0.05, 0.1) is 38.4 Å². The van der Waals surface area contributed by atoms with Gasteiger partial charge in [-0.3, -0.25) is 0 Å². The first-order valence-corrected chi connectivity index (χ1v) is 14.2. The van der Waals surface area contributed by atoms with Gasteiger partial charge in [-0.2, -0.15) is 0 Å². The number of anilines is 3. The smallest absolute Gasteiger partial charge is 0.227 e.